The molecular formula is C22H24FN3O2P+. The van der Waals surface area contributed by atoms with E-state index in [-0.39, 0.29) is 11.4 Å². The predicted molar refractivity (Wildman–Crippen MR) is 115 cm³/mol. The Bertz CT molecular complexity index is 1120. The number of H-pyrrole nitrogens is 1. The SMILES string of the molecule is O=c1[nH]nc(Cc2ccc(F)c([P+]3(O)CCN(C4CC4)CC3)c2)c2ccccc12. The van der Waals surface area contributed by atoms with Crippen molar-refractivity contribution in [3.8, 4) is 0 Å². The highest BCUT2D eigenvalue weighted by molar-refractivity contribution is 7.77. The Morgan fingerprint density at radius 1 is 1.14 bits per heavy atom. The third-order valence-corrected chi connectivity index (χ3v) is 9.30. The Hall–Kier alpha value is -2.14. The average molecular weight is 412 g/mol. The molecule has 2 N–H and O–H groups in total. The zero-order valence-corrected chi connectivity index (χ0v) is 17.0. The topological polar surface area (TPSA) is 69.2 Å². The molecule has 5 rings (SSSR count). The second-order valence-electron chi connectivity index (χ2n) is 8.14. The van der Waals surface area contributed by atoms with Crippen LogP contribution in [0, 0.1) is 5.82 Å². The molecule has 0 unspecified atom stereocenters. The Labute approximate surface area is 169 Å². The van der Waals surface area contributed by atoms with Crippen molar-refractivity contribution in [2.45, 2.75) is 25.3 Å². The first kappa shape index (κ1) is 18.9. The van der Waals surface area contributed by atoms with Gasteiger partial charge in [-0.3, -0.25) is 9.69 Å². The molecule has 1 aliphatic carbocycles. The van der Waals surface area contributed by atoms with Gasteiger partial charge in [-0.05, 0) is 36.6 Å². The van der Waals surface area contributed by atoms with E-state index in [1.54, 1.807) is 12.1 Å². The summed E-state index contributed by atoms with van der Waals surface area (Å²) >= 11 is 0. The molecule has 1 aromatic heterocycles. The van der Waals surface area contributed by atoms with Gasteiger partial charge in [0, 0.05) is 30.9 Å². The summed E-state index contributed by atoms with van der Waals surface area (Å²) in [5.41, 5.74) is 1.42. The van der Waals surface area contributed by atoms with Crippen molar-refractivity contribution >= 4 is 23.6 Å². The molecule has 1 saturated carbocycles. The van der Waals surface area contributed by atoms with Crippen LogP contribution in [0.1, 0.15) is 24.1 Å². The number of hydrogen-bond donors (Lipinski definition) is 2. The van der Waals surface area contributed by atoms with Crippen LogP contribution in [0.4, 0.5) is 4.39 Å². The molecule has 0 spiro atoms. The minimum absolute atomic E-state index is 0.216. The highest BCUT2D eigenvalue weighted by Crippen LogP contribution is 2.56. The van der Waals surface area contributed by atoms with Gasteiger partial charge in [0.25, 0.3) is 5.56 Å². The summed E-state index contributed by atoms with van der Waals surface area (Å²) in [5.74, 6) is -0.316. The largest absolute Gasteiger partial charge is 0.293 e. The van der Waals surface area contributed by atoms with Crippen LogP contribution < -0.4 is 10.9 Å². The molecule has 0 bridgehead atoms. The zero-order chi connectivity index (χ0) is 20.0. The van der Waals surface area contributed by atoms with Gasteiger partial charge in [0.05, 0.1) is 11.1 Å². The number of halogens is 1. The number of aromatic amines is 1. The summed E-state index contributed by atoms with van der Waals surface area (Å²) in [7, 11) is -2.49. The molecule has 2 fully saturated rings. The van der Waals surface area contributed by atoms with Gasteiger partial charge in [-0.2, -0.15) is 5.10 Å². The van der Waals surface area contributed by atoms with E-state index in [4.69, 9.17) is 0 Å². The first-order chi connectivity index (χ1) is 14.0. The van der Waals surface area contributed by atoms with Gasteiger partial charge in [0.15, 0.2) is 18.6 Å². The Morgan fingerprint density at radius 3 is 2.59 bits per heavy atom. The first-order valence-electron chi connectivity index (χ1n) is 10.1. The standard InChI is InChI=1S/C22H23FN3O2P/c23-19-8-5-15(13-20-17-3-1-2-4-18(17)22(27)25-24-20)14-21(19)29(28)11-9-26(10-12-29)16-6-7-16/h1-5,8,14,16,28H,6-7,9-13H2/p+1. The molecule has 1 saturated heterocycles. The van der Waals surface area contributed by atoms with Gasteiger partial charge in [-0.1, -0.05) is 24.3 Å². The van der Waals surface area contributed by atoms with E-state index >= 15 is 0 Å². The highest BCUT2D eigenvalue weighted by atomic mass is 31.2. The number of rotatable bonds is 4. The second-order valence-corrected chi connectivity index (χ2v) is 11.4. The molecule has 29 heavy (non-hydrogen) atoms. The lowest BCUT2D eigenvalue weighted by Crippen LogP contribution is -2.41. The van der Waals surface area contributed by atoms with Crippen molar-refractivity contribution in [2.24, 2.45) is 0 Å². The van der Waals surface area contributed by atoms with Crippen LogP contribution in [-0.2, 0) is 6.42 Å². The lowest BCUT2D eigenvalue weighted by molar-refractivity contribution is 0.282. The van der Waals surface area contributed by atoms with Gasteiger partial charge >= 0.3 is 0 Å². The molecular weight excluding hydrogens is 388 g/mol. The molecule has 2 aromatic carbocycles. The Morgan fingerprint density at radius 2 is 1.86 bits per heavy atom. The van der Waals surface area contributed by atoms with E-state index in [9.17, 15) is 14.1 Å². The van der Waals surface area contributed by atoms with Crippen molar-refractivity contribution in [3.63, 3.8) is 0 Å². The van der Waals surface area contributed by atoms with Crippen LogP contribution in [-0.4, -0.2) is 51.4 Å². The average Bonchev–Trinajstić information content (AvgIpc) is 3.57. The quantitative estimate of drug-likeness (QED) is 0.647. The number of fused-ring (bicyclic) bond motifs is 1. The summed E-state index contributed by atoms with van der Waals surface area (Å²) in [5, 5.41) is 8.66. The minimum atomic E-state index is -2.49. The number of hydrogen-bond acceptors (Lipinski definition) is 4. The van der Waals surface area contributed by atoms with E-state index in [2.05, 4.69) is 15.1 Å². The summed E-state index contributed by atoms with van der Waals surface area (Å²) in [6.45, 7) is 1.70. The molecule has 0 amide bonds. The summed E-state index contributed by atoms with van der Waals surface area (Å²) in [4.78, 5) is 25.8. The molecule has 0 radical (unpaired) electrons. The van der Waals surface area contributed by atoms with Gasteiger partial charge in [-0.15, -0.1) is 0 Å². The normalized spacial score (nSPS) is 19.5. The van der Waals surface area contributed by atoms with E-state index in [0.717, 1.165) is 29.7 Å². The van der Waals surface area contributed by atoms with Crippen LogP contribution >= 0.6 is 7.49 Å². The van der Waals surface area contributed by atoms with Gasteiger partial charge in [-0.25, -0.2) is 14.4 Å². The molecule has 1 aliphatic heterocycles. The summed E-state index contributed by atoms with van der Waals surface area (Å²) in [6, 6.07) is 13.1. The number of benzene rings is 2. The predicted octanol–water partition coefficient (Wildman–Crippen LogP) is 2.68. The lowest BCUT2D eigenvalue weighted by Gasteiger charge is -2.32. The van der Waals surface area contributed by atoms with Crippen molar-refractivity contribution in [1.29, 1.82) is 0 Å². The molecule has 150 valence electrons. The molecule has 0 atom stereocenters. The number of nitrogens with zero attached hydrogens (tertiary/aromatic N) is 2. The van der Waals surface area contributed by atoms with Crippen LogP contribution in [0.5, 0.6) is 0 Å². The van der Waals surface area contributed by atoms with E-state index < -0.39 is 7.49 Å². The minimum Gasteiger partial charge on any atom is -0.293 e. The summed E-state index contributed by atoms with van der Waals surface area (Å²) < 4.78 is 14.7. The monoisotopic (exact) mass is 412 g/mol. The van der Waals surface area contributed by atoms with Crippen LogP contribution in [0.15, 0.2) is 47.3 Å². The van der Waals surface area contributed by atoms with Crippen LogP contribution in [0.25, 0.3) is 10.8 Å². The third-order valence-electron chi connectivity index (χ3n) is 6.18. The lowest BCUT2D eigenvalue weighted by atomic mass is 10.0. The molecule has 7 heteroatoms. The third kappa shape index (κ3) is 3.61. The second kappa shape index (κ2) is 7.28. The van der Waals surface area contributed by atoms with Crippen LogP contribution in [0.3, 0.4) is 0 Å². The van der Waals surface area contributed by atoms with Gasteiger partial charge < -0.3 is 0 Å². The molecule has 2 aliphatic rings. The first-order valence-corrected chi connectivity index (χ1v) is 12.2. The van der Waals surface area contributed by atoms with Crippen molar-refractivity contribution in [2.75, 3.05) is 25.4 Å². The van der Waals surface area contributed by atoms with Crippen molar-refractivity contribution < 1.29 is 9.28 Å². The maximum Gasteiger partial charge on any atom is 0.272 e. The fourth-order valence-corrected chi connectivity index (χ4v) is 7.10. The Balaban J connectivity index is 1.44. The molecule has 3 aromatic rings. The molecule has 2 heterocycles. The Kier molecular flexibility index (Phi) is 4.73. The molecule has 5 nitrogen and oxygen atoms in total. The van der Waals surface area contributed by atoms with Crippen LogP contribution in [0.2, 0.25) is 0 Å². The van der Waals surface area contributed by atoms with E-state index in [1.165, 1.54) is 18.9 Å². The smallest absolute Gasteiger partial charge is 0.272 e. The van der Waals surface area contributed by atoms with Crippen molar-refractivity contribution in [3.05, 3.63) is 69.9 Å². The van der Waals surface area contributed by atoms with Crippen molar-refractivity contribution in [1.82, 2.24) is 15.1 Å². The zero-order valence-electron chi connectivity index (χ0n) is 16.1. The fourth-order valence-electron chi connectivity index (χ4n) is 4.34. The van der Waals surface area contributed by atoms with Gasteiger partial charge in [0.2, 0.25) is 0 Å². The highest BCUT2D eigenvalue weighted by Gasteiger charge is 2.46. The van der Waals surface area contributed by atoms with E-state index in [0.29, 0.717) is 35.5 Å². The number of nitrogens with one attached hydrogen (secondary N) is 1. The maximum atomic E-state index is 14.7. The summed E-state index contributed by atoms with van der Waals surface area (Å²) in [6.07, 6.45) is 4.29. The maximum absolute atomic E-state index is 14.7. The van der Waals surface area contributed by atoms with Gasteiger partial charge in [0.1, 0.15) is 12.3 Å². The van der Waals surface area contributed by atoms with E-state index in [1.807, 2.05) is 24.3 Å². The fraction of sp³-hybridized carbons (Fsp3) is 0.364. The number of aromatic nitrogens is 2.